The molecule has 1 aliphatic heterocycles. The summed E-state index contributed by atoms with van der Waals surface area (Å²) in [5, 5.41) is 3.11. The number of hydrogen-bond acceptors (Lipinski definition) is 2. The van der Waals surface area contributed by atoms with Crippen molar-refractivity contribution in [1.82, 2.24) is 5.32 Å². The average molecular weight is 140 g/mol. The third-order valence-electron chi connectivity index (χ3n) is 1.89. The van der Waals surface area contributed by atoms with Crippen LogP contribution in [0.5, 0.6) is 0 Å². The van der Waals surface area contributed by atoms with Crippen LogP contribution in [0.1, 0.15) is 6.92 Å². The zero-order chi connectivity index (χ0) is 6.91. The van der Waals surface area contributed by atoms with Gasteiger partial charge in [-0.1, -0.05) is 6.92 Å². The molecule has 1 fully saturated rings. The van der Waals surface area contributed by atoms with Crippen LogP contribution in [0.25, 0.3) is 0 Å². The van der Waals surface area contributed by atoms with Crippen LogP contribution in [0.4, 0.5) is 0 Å². The van der Waals surface area contributed by atoms with Gasteiger partial charge in [-0.25, -0.2) is 0 Å². The molecule has 0 aliphatic carbocycles. The Bertz CT molecular complexity index is 131. The molecule has 49 valence electrons. The maximum Gasteiger partial charge on any atom is 0.311 e. The Morgan fingerprint density at radius 3 is 2.33 bits per heavy atom. The standard InChI is InChI=1S/C5H8NO.CH3.Al/c1-5(4-7)2-6-3-5;;/h6H,2-3H2,1H3;1H3;. The first-order valence-corrected chi connectivity index (χ1v) is 4.97. The normalized spacial score (nSPS) is 22.4. The Kier molecular flexibility index (Phi) is 1.95. The van der Waals surface area contributed by atoms with Crippen molar-refractivity contribution in [3.05, 3.63) is 0 Å². The summed E-state index contributed by atoms with van der Waals surface area (Å²) in [4.78, 5) is 11.1. The Morgan fingerprint density at radius 1 is 1.67 bits per heavy atom. The fourth-order valence-electron chi connectivity index (χ4n) is 1.02. The van der Waals surface area contributed by atoms with E-state index in [9.17, 15) is 4.79 Å². The number of rotatable bonds is 2. The van der Waals surface area contributed by atoms with E-state index in [0.29, 0.717) is 4.65 Å². The van der Waals surface area contributed by atoms with Gasteiger partial charge in [-0.3, -0.25) is 0 Å². The number of hydrogen-bond donors (Lipinski definition) is 1. The number of carbonyl (C=O) groups excluding carboxylic acids is 1. The van der Waals surface area contributed by atoms with E-state index in [2.05, 4.69) is 5.32 Å². The fraction of sp³-hybridized carbons (Fsp3) is 0.833. The quantitative estimate of drug-likeness (QED) is 0.541. The lowest BCUT2D eigenvalue weighted by atomic mass is 9.86. The van der Waals surface area contributed by atoms with Crippen LogP contribution in [0.15, 0.2) is 0 Å². The summed E-state index contributed by atoms with van der Waals surface area (Å²) in [5.41, 5.74) is 0.0179. The molecule has 2 nitrogen and oxygen atoms in total. The largest absolute Gasteiger partial charge is 0.322 e. The molecule has 1 saturated heterocycles. The molecule has 0 unspecified atom stereocenters. The Labute approximate surface area is 61.7 Å². The summed E-state index contributed by atoms with van der Waals surface area (Å²) in [5.74, 6) is 2.01. The summed E-state index contributed by atoms with van der Waals surface area (Å²) in [7, 11) is 0. The first-order valence-electron chi connectivity index (χ1n) is 3.23. The topological polar surface area (TPSA) is 29.1 Å². The average Bonchev–Trinajstić information content (AvgIpc) is 1.81. The highest BCUT2D eigenvalue weighted by Gasteiger charge is 2.36. The molecule has 0 atom stereocenters. The maximum atomic E-state index is 11.1. The van der Waals surface area contributed by atoms with E-state index in [4.69, 9.17) is 0 Å². The predicted molar refractivity (Wildman–Crippen MR) is 37.6 cm³/mol. The second-order valence-corrected chi connectivity index (χ2v) is 3.92. The smallest absolute Gasteiger partial charge is 0.311 e. The van der Waals surface area contributed by atoms with Gasteiger partial charge < -0.3 is 10.1 Å². The van der Waals surface area contributed by atoms with Crippen molar-refractivity contribution in [1.29, 1.82) is 0 Å². The highest BCUT2D eigenvalue weighted by Crippen LogP contribution is 2.21. The van der Waals surface area contributed by atoms with Crippen LogP contribution in [-0.4, -0.2) is 33.0 Å². The fourth-order valence-corrected chi connectivity index (χ4v) is 1.92. The molecule has 3 heteroatoms. The molecule has 1 N–H and O–H groups in total. The molecule has 0 amide bonds. The Morgan fingerprint density at radius 2 is 2.22 bits per heavy atom. The van der Waals surface area contributed by atoms with E-state index in [-0.39, 0.29) is 20.6 Å². The maximum absolute atomic E-state index is 11.1. The van der Waals surface area contributed by atoms with Crippen LogP contribution >= 0.6 is 0 Å². The van der Waals surface area contributed by atoms with Gasteiger partial charge in [-0.05, 0) is 0 Å². The van der Waals surface area contributed by atoms with E-state index in [1.165, 1.54) is 0 Å². The third-order valence-corrected chi connectivity index (χ3v) is 3.11. The highest BCUT2D eigenvalue weighted by molar-refractivity contribution is 6.73. The van der Waals surface area contributed by atoms with Gasteiger partial charge in [-0.15, -0.1) is 5.79 Å². The van der Waals surface area contributed by atoms with Crippen molar-refractivity contribution in [2.75, 3.05) is 13.1 Å². The van der Waals surface area contributed by atoms with E-state index < -0.39 is 0 Å². The molecule has 0 bridgehead atoms. The summed E-state index contributed by atoms with van der Waals surface area (Å²) in [6.45, 7) is 3.84. The number of nitrogens with one attached hydrogen (secondary N) is 1. The van der Waals surface area contributed by atoms with Gasteiger partial charge in [0.2, 0.25) is 0 Å². The minimum Gasteiger partial charge on any atom is -0.322 e. The van der Waals surface area contributed by atoms with Crippen LogP contribution in [-0.2, 0) is 4.79 Å². The van der Waals surface area contributed by atoms with Gasteiger partial charge in [0, 0.05) is 23.1 Å². The van der Waals surface area contributed by atoms with Gasteiger partial charge in [-0.2, -0.15) is 0 Å². The second kappa shape index (κ2) is 2.42. The molecule has 0 spiro atoms. The summed E-state index contributed by atoms with van der Waals surface area (Å²) in [6, 6.07) is 0. The first kappa shape index (κ1) is 7.27. The van der Waals surface area contributed by atoms with Gasteiger partial charge in [0.25, 0.3) is 0 Å². The molecule has 0 aromatic rings. The van der Waals surface area contributed by atoms with Gasteiger partial charge in [0.1, 0.15) is 0 Å². The molecule has 0 saturated carbocycles. The molecular formula is C6H11AlNO. The van der Waals surface area contributed by atoms with Crippen LogP contribution in [0, 0.1) is 5.41 Å². The summed E-state index contributed by atoms with van der Waals surface area (Å²) in [6.07, 6.45) is 0. The van der Waals surface area contributed by atoms with Crippen molar-refractivity contribution in [3.63, 3.8) is 0 Å². The SMILES string of the molecule is [CH3][Al][C](=O)C1(C)CNC1. The number of carbonyl (C=O) groups is 1. The lowest BCUT2D eigenvalue weighted by Crippen LogP contribution is -2.57. The molecule has 1 radical (unpaired) electrons. The van der Waals surface area contributed by atoms with E-state index in [1.807, 2.05) is 12.7 Å². The lowest BCUT2D eigenvalue weighted by Gasteiger charge is -2.38. The minimum atomic E-state index is 0.0179. The van der Waals surface area contributed by atoms with E-state index in [1.54, 1.807) is 0 Å². The van der Waals surface area contributed by atoms with Gasteiger partial charge in [0.05, 0.1) is 0 Å². The zero-order valence-electron chi connectivity index (χ0n) is 5.90. The van der Waals surface area contributed by atoms with Crippen LogP contribution in [0.2, 0.25) is 5.79 Å². The van der Waals surface area contributed by atoms with Crippen LogP contribution < -0.4 is 5.32 Å². The first-order chi connectivity index (χ1) is 4.19. The molecule has 0 aromatic heterocycles. The Hall–Kier alpha value is 0.162. The molecular weight excluding hydrogens is 129 g/mol. The van der Waals surface area contributed by atoms with E-state index in [0.717, 1.165) is 13.1 Å². The molecule has 0 aromatic carbocycles. The Balaban J connectivity index is 2.49. The molecule has 1 rings (SSSR count). The van der Waals surface area contributed by atoms with Crippen LogP contribution in [0.3, 0.4) is 0 Å². The molecule has 1 aliphatic rings. The predicted octanol–water partition coefficient (Wildman–Crippen LogP) is -0.125. The monoisotopic (exact) mass is 140 g/mol. The summed E-state index contributed by atoms with van der Waals surface area (Å²) >= 11 is 0.0288. The molecule has 1 heterocycles. The van der Waals surface area contributed by atoms with Crippen molar-refractivity contribution >= 4 is 19.9 Å². The van der Waals surface area contributed by atoms with Crippen molar-refractivity contribution in [2.24, 2.45) is 5.41 Å². The van der Waals surface area contributed by atoms with Crippen molar-refractivity contribution < 1.29 is 4.79 Å². The highest BCUT2D eigenvalue weighted by atomic mass is 27.1. The molecule has 9 heavy (non-hydrogen) atoms. The zero-order valence-corrected chi connectivity index (χ0v) is 7.05. The van der Waals surface area contributed by atoms with E-state index >= 15 is 0 Å². The van der Waals surface area contributed by atoms with Gasteiger partial charge in [0.15, 0.2) is 0 Å². The third kappa shape index (κ3) is 1.19. The minimum absolute atomic E-state index is 0.0179. The van der Waals surface area contributed by atoms with Crippen molar-refractivity contribution in [3.8, 4) is 0 Å². The second-order valence-electron chi connectivity index (χ2n) is 2.82. The van der Waals surface area contributed by atoms with Crippen molar-refractivity contribution in [2.45, 2.75) is 12.7 Å². The van der Waals surface area contributed by atoms with Gasteiger partial charge >= 0.3 is 15.2 Å². The summed E-state index contributed by atoms with van der Waals surface area (Å²) < 4.78 is 0.473. The lowest BCUT2D eigenvalue weighted by molar-refractivity contribution is -0.122.